The van der Waals surface area contributed by atoms with Gasteiger partial charge >= 0.3 is 11.7 Å². The van der Waals surface area contributed by atoms with Crippen LogP contribution < -0.4 is 4.74 Å². The molecule has 0 unspecified atom stereocenters. The van der Waals surface area contributed by atoms with Gasteiger partial charge in [-0.3, -0.25) is 10.1 Å². The average molecular weight is 312 g/mol. The summed E-state index contributed by atoms with van der Waals surface area (Å²) < 4.78 is 9.98. The standard InChI is InChI=1S/C16H12N2O5/c1-22-15-6-5-13(8-14(15)18(20)21)16(19)23-10-12-4-2-3-11(7-12)9-17/h2-8H,10H2,1H3. The summed E-state index contributed by atoms with van der Waals surface area (Å²) in [4.78, 5) is 22.3. The summed E-state index contributed by atoms with van der Waals surface area (Å²) in [5.74, 6) is -0.633. The van der Waals surface area contributed by atoms with E-state index in [-0.39, 0.29) is 23.6 Å². The first kappa shape index (κ1) is 16.0. The second-order valence-corrected chi connectivity index (χ2v) is 4.53. The Kier molecular flexibility index (Phi) is 4.89. The maximum atomic E-state index is 12.0. The molecule has 0 atom stereocenters. The lowest BCUT2D eigenvalue weighted by molar-refractivity contribution is -0.385. The van der Waals surface area contributed by atoms with Crippen molar-refractivity contribution in [3.63, 3.8) is 0 Å². The number of ether oxygens (including phenoxy) is 2. The summed E-state index contributed by atoms with van der Waals surface area (Å²) in [6.45, 7) is -0.0336. The quantitative estimate of drug-likeness (QED) is 0.478. The number of benzene rings is 2. The molecule has 0 spiro atoms. The first-order valence-corrected chi connectivity index (χ1v) is 6.53. The van der Waals surface area contributed by atoms with E-state index in [4.69, 9.17) is 14.7 Å². The van der Waals surface area contributed by atoms with Gasteiger partial charge in [0, 0.05) is 6.07 Å². The lowest BCUT2D eigenvalue weighted by Gasteiger charge is -2.07. The van der Waals surface area contributed by atoms with Crippen LogP contribution in [0.1, 0.15) is 21.5 Å². The van der Waals surface area contributed by atoms with E-state index in [0.29, 0.717) is 11.1 Å². The molecule has 0 aliphatic carbocycles. The van der Waals surface area contributed by atoms with Crippen LogP contribution in [-0.2, 0) is 11.3 Å². The van der Waals surface area contributed by atoms with Crippen molar-refractivity contribution in [1.29, 1.82) is 5.26 Å². The molecule has 0 aromatic heterocycles. The first-order valence-electron chi connectivity index (χ1n) is 6.53. The van der Waals surface area contributed by atoms with Crippen LogP contribution in [0.15, 0.2) is 42.5 Å². The number of rotatable bonds is 5. The summed E-state index contributed by atoms with van der Waals surface area (Å²) in [5, 5.41) is 19.8. The van der Waals surface area contributed by atoms with Crippen molar-refractivity contribution in [1.82, 2.24) is 0 Å². The molecule has 0 aliphatic rings. The minimum atomic E-state index is -0.696. The summed E-state index contributed by atoms with van der Waals surface area (Å²) in [6, 6.07) is 12.5. The lowest BCUT2D eigenvalue weighted by Crippen LogP contribution is -2.06. The number of esters is 1. The fourth-order valence-electron chi connectivity index (χ4n) is 1.92. The van der Waals surface area contributed by atoms with E-state index < -0.39 is 10.9 Å². The van der Waals surface area contributed by atoms with Gasteiger partial charge in [-0.15, -0.1) is 0 Å². The number of nitrogens with zero attached hydrogens (tertiary/aromatic N) is 2. The molecule has 0 amide bonds. The van der Waals surface area contributed by atoms with Crippen LogP contribution in [0.25, 0.3) is 0 Å². The highest BCUT2D eigenvalue weighted by atomic mass is 16.6. The van der Waals surface area contributed by atoms with Crippen molar-refractivity contribution < 1.29 is 19.2 Å². The third-order valence-corrected chi connectivity index (χ3v) is 3.04. The topological polar surface area (TPSA) is 102 Å². The summed E-state index contributed by atoms with van der Waals surface area (Å²) in [7, 11) is 1.31. The SMILES string of the molecule is COc1ccc(C(=O)OCc2cccc(C#N)c2)cc1[N+](=O)[O-]. The Hall–Kier alpha value is -3.40. The third kappa shape index (κ3) is 3.83. The van der Waals surface area contributed by atoms with E-state index in [1.165, 1.54) is 19.2 Å². The molecule has 0 N–H and O–H groups in total. The van der Waals surface area contributed by atoms with Crippen LogP contribution in [0.2, 0.25) is 0 Å². The minimum absolute atomic E-state index is 0.0336. The largest absolute Gasteiger partial charge is 0.490 e. The number of methoxy groups -OCH3 is 1. The number of nitro benzene ring substituents is 1. The van der Waals surface area contributed by atoms with Crippen LogP contribution in [0.5, 0.6) is 5.75 Å². The van der Waals surface area contributed by atoms with Gasteiger partial charge in [-0.25, -0.2) is 4.79 Å². The highest BCUT2D eigenvalue weighted by Crippen LogP contribution is 2.27. The molecule has 0 fully saturated rings. The number of nitriles is 1. The molecular formula is C16H12N2O5. The molecule has 0 saturated carbocycles. The van der Waals surface area contributed by atoms with Crippen molar-refractivity contribution >= 4 is 11.7 Å². The molecule has 7 heteroatoms. The van der Waals surface area contributed by atoms with Crippen molar-refractivity contribution in [2.75, 3.05) is 7.11 Å². The molecule has 23 heavy (non-hydrogen) atoms. The van der Waals surface area contributed by atoms with Gasteiger partial charge in [-0.2, -0.15) is 5.26 Å². The van der Waals surface area contributed by atoms with Gasteiger partial charge in [-0.1, -0.05) is 12.1 Å². The zero-order chi connectivity index (χ0) is 16.8. The molecule has 0 radical (unpaired) electrons. The van der Waals surface area contributed by atoms with Crippen molar-refractivity contribution in [3.8, 4) is 11.8 Å². The number of nitro groups is 1. The van der Waals surface area contributed by atoms with E-state index in [1.54, 1.807) is 24.3 Å². The maximum Gasteiger partial charge on any atom is 0.338 e. The van der Waals surface area contributed by atoms with Gasteiger partial charge in [0.25, 0.3) is 0 Å². The van der Waals surface area contributed by atoms with Gasteiger partial charge in [0.2, 0.25) is 0 Å². The van der Waals surface area contributed by atoms with E-state index >= 15 is 0 Å². The zero-order valence-corrected chi connectivity index (χ0v) is 12.2. The molecule has 116 valence electrons. The predicted molar refractivity (Wildman–Crippen MR) is 79.9 cm³/mol. The Labute approximate surface area is 131 Å². The first-order chi connectivity index (χ1) is 11.0. The molecule has 7 nitrogen and oxygen atoms in total. The van der Waals surface area contributed by atoms with Gasteiger partial charge < -0.3 is 9.47 Å². The van der Waals surface area contributed by atoms with Crippen LogP contribution in [0.4, 0.5) is 5.69 Å². The van der Waals surface area contributed by atoms with Crippen LogP contribution in [0.3, 0.4) is 0 Å². The van der Waals surface area contributed by atoms with Crippen molar-refractivity contribution in [2.24, 2.45) is 0 Å². The van der Waals surface area contributed by atoms with Gasteiger partial charge in [0.05, 0.1) is 29.2 Å². The Morgan fingerprint density at radius 2 is 2.09 bits per heavy atom. The van der Waals surface area contributed by atoms with Gasteiger partial charge in [0.1, 0.15) is 6.61 Å². The molecule has 2 rings (SSSR count). The summed E-state index contributed by atoms with van der Waals surface area (Å²) >= 11 is 0. The molecule has 2 aromatic rings. The van der Waals surface area contributed by atoms with E-state index in [9.17, 15) is 14.9 Å². The number of hydrogen-bond acceptors (Lipinski definition) is 6. The highest BCUT2D eigenvalue weighted by Gasteiger charge is 2.19. The molecule has 0 heterocycles. The average Bonchev–Trinajstić information content (AvgIpc) is 2.59. The fraction of sp³-hybridized carbons (Fsp3) is 0.125. The molecule has 0 saturated heterocycles. The predicted octanol–water partition coefficient (Wildman–Crippen LogP) is 2.83. The van der Waals surface area contributed by atoms with Crippen LogP contribution >= 0.6 is 0 Å². The summed E-state index contributed by atoms with van der Waals surface area (Å²) in [6.07, 6.45) is 0. The lowest BCUT2D eigenvalue weighted by atomic mass is 10.1. The molecule has 2 aromatic carbocycles. The Bertz CT molecular complexity index is 795. The number of carbonyl (C=O) groups is 1. The minimum Gasteiger partial charge on any atom is -0.490 e. The van der Waals surface area contributed by atoms with Crippen molar-refractivity contribution in [2.45, 2.75) is 6.61 Å². The van der Waals surface area contributed by atoms with E-state index in [1.807, 2.05) is 6.07 Å². The highest BCUT2D eigenvalue weighted by molar-refractivity contribution is 5.90. The molecular weight excluding hydrogens is 300 g/mol. The smallest absolute Gasteiger partial charge is 0.338 e. The second-order valence-electron chi connectivity index (χ2n) is 4.53. The molecule has 0 aliphatic heterocycles. The Balaban J connectivity index is 2.13. The normalized spacial score (nSPS) is 9.74. The maximum absolute atomic E-state index is 12.0. The number of hydrogen-bond donors (Lipinski definition) is 0. The molecule has 0 bridgehead atoms. The van der Waals surface area contributed by atoms with Gasteiger partial charge in [-0.05, 0) is 29.8 Å². The Morgan fingerprint density at radius 1 is 1.30 bits per heavy atom. The zero-order valence-electron chi connectivity index (χ0n) is 12.2. The number of carbonyl (C=O) groups excluding carboxylic acids is 1. The monoisotopic (exact) mass is 312 g/mol. The van der Waals surface area contributed by atoms with Gasteiger partial charge in [0.15, 0.2) is 5.75 Å². The third-order valence-electron chi connectivity index (χ3n) is 3.04. The summed E-state index contributed by atoms with van der Waals surface area (Å²) in [5.41, 5.74) is 0.849. The van der Waals surface area contributed by atoms with Crippen molar-refractivity contribution in [3.05, 3.63) is 69.3 Å². The fourth-order valence-corrected chi connectivity index (χ4v) is 1.92. The van der Waals surface area contributed by atoms with E-state index in [2.05, 4.69) is 0 Å². The van der Waals surface area contributed by atoms with Crippen LogP contribution in [-0.4, -0.2) is 18.0 Å². The Morgan fingerprint density at radius 3 is 2.74 bits per heavy atom. The van der Waals surface area contributed by atoms with E-state index in [0.717, 1.165) is 6.07 Å². The van der Waals surface area contributed by atoms with Crippen LogP contribution in [0, 0.1) is 21.4 Å². The second kappa shape index (κ2) is 7.04.